The second-order valence-electron chi connectivity index (χ2n) is 4.12. The molecule has 0 spiro atoms. The third-order valence-electron chi connectivity index (χ3n) is 2.81. The van der Waals surface area contributed by atoms with Crippen LogP contribution in [0.25, 0.3) is 0 Å². The van der Waals surface area contributed by atoms with E-state index in [4.69, 9.17) is 4.74 Å². The Morgan fingerprint density at radius 3 is 2.25 bits per heavy atom. The number of carbonyl (C=O) groups excluding carboxylic acids is 1. The number of benzene rings is 2. The van der Waals surface area contributed by atoms with Crippen LogP contribution in [0.3, 0.4) is 0 Å². The zero-order valence-corrected chi connectivity index (χ0v) is 11.0. The summed E-state index contributed by atoms with van der Waals surface area (Å²) in [7, 11) is 0. The number of ketones is 1. The van der Waals surface area contributed by atoms with Gasteiger partial charge in [0, 0.05) is 5.56 Å². The number of hydrogen-bond acceptors (Lipinski definition) is 3. The Morgan fingerprint density at radius 2 is 1.65 bits per heavy atom. The third kappa shape index (κ3) is 2.69. The molecule has 2 aromatic carbocycles. The van der Waals surface area contributed by atoms with E-state index in [1.165, 1.54) is 6.07 Å². The van der Waals surface area contributed by atoms with Crippen LogP contribution < -0.4 is 4.74 Å². The Balaban J connectivity index is 2.53. The van der Waals surface area contributed by atoms with Crippen LogP contribution in [-0.2, 0) is 0 Å². The molecule has 0 unspecified atom stereocenters. The molecule has 0 aliphatic heterocycles. The summed E-state index contributed by atoms with van der Waals surface area (Å²) in [6.45, 7) is 2.04. The number of rotatable bonds is 5. The van der Waals surface area contributed by atoms with Gasteiger partial charge in [-0.15, -0.1) is 0 Å². The molecule has 0 radical (unpaired) electrons. The van der Waals surface area contributed by atoms with Crippen molar-refractivity contribution in [2.75, 3.05) is 6.61 Å². The Labute approximate surface area is 116 Å². The van der Waals surface area contributed by atoms with Crippen molar-refractivity contribution < 1.29 is 19.4 Å². The first-order valence-corrected chi connectivity index (χ1v) is 6.24. The minimum atomic E-state index is -1.11. The van der Waals surface area contributed by atoms with Crippen LogP contribution in [0.4, 0.5) is 0 Å². The fraction of sp³-hybridized carbons (Fsp3) is 0.125. The lowest BCUT2D eigenvalue weighted by Gasteiger charge is -2.12. The standard InChI is InChI=1S/C16H14O4/c1-2-20-15-12(9-6-10-13(15)16(18)19)14(17)11-7-4-3-5-8-11/h3-10H,2H2,1H3,(H,18,19). The zero-order valence-electron chi connectivity index (χ0n) is 11.0. The summed E-state index contributed by atoms with van der Waals surface area (Å²) >= 11 is 0. The minimum Gasteiger partial charge on any atom is -0.492 e. The smallest absolute Gasteiger partial charge is 0.339 e. The normalized spacial score (nSPS) is 10.1. The Hall–Kier alpha value is -2.62. The lowest BCUT2D eigenvalue weighted by Crippen LogP contribution is -2.10. The summed E-state index contributed by atoms with van der Waals surface area (Å²) < 4.78 is 5.37. The van der Waals surface area contributed by atoms with Gasteiger partial charge in [0.1, 0.15) is 11.3 Å². The molecule has 0 bridgehead atoms. The van der Waals surface area contributed by atoms with Crippen LogP contribution in [0, 0.1) is 0 Å². The van der Waals surface area contributed by atoms with E-state index in [0.717, 1.165) is 0 Å². The molecule has 0 fully saturated rings. The van der Waals surface area contributed by atoms with Crippen LogP contribution >= 0.6 is 0 Å². The number of aromatic carboxylic acids is 1. The van der Waals surface area contributed by atoms with Crippen molar-refractivity contribution in [2.45, 2.75) is 6.92 Å². The van der Waals surface area contributed by atoms with Gasteiger partial charge >= 0.3 is 5.97 Å². The van der Waals surface area contributed by atoms with Gasteiger partial charge in [-0.05, 0) is 19.1 Å². The second-order valence-corrected chi connectivity index (χ2v) is 4.12. The molecule has 102 valence electrons. The average Bonchev–Trinajstić information content (AvgIpc) is 2.47. The van der Waals surface area contributed by atoms with Crippen LogP contribution in [0.15, 0.2) is 48.5 Å². The highest BCUT2D eigenvalue weighted by Crippen LogP contribution is 2.26. The molecule has 0 aliphatic rings. The Kier molecular flexibility index (Phi) is 4.15. The molecule has 2 aromatic rings. The second kappa shape index (κ2) is 6.02. The Bertz CT molecular complexity index is 632. The molecule has 0 aromatic heterocycles. The van der Waals surface area contributed by atoms with E-state index in [-0.39, 0.29) is 22.7 Å². The van der Waals surface area contributed by atoms with Crippen LogP contribution in [0.1, 0.15) is 33.2 Å². The summed E-state index contributed by atoms with van der Waals surface area (Å²) in [6, 6.07) is 13.2. The quantitative estimate of drug-likeness (QED) is 0.848. The van der Waals surface area contributed by atoms with Gasteiger partial charge in [0.2, 0.25) is 0 Å². The van der Waals surface area contributed by atoms with Gasteiger partial charge in [-0.1, -0.05) is 36.4 Å². The molecule has 1 N–H and O–H groups in total. The molecule has 0 atom stereocenters. The summed E-state index contributed by atoms with van der Waals surface area (Å²) in [5.74, 6) is -1.25. The van der Waals surface area contributed by atoms with Crippen molar-refractivity contribution in [1.82, 2.24) is 0 Å². The monoisotopic (exact) mass is 270 g/mol. The topological polar surface area (TPSA) is 63.6 Å². The maximum absolute atomic E-state index is 12.4. The Morgan fingerprint density at radius 1 is 1.00 bits per heavy atom. The van der Waals surface area contributed by atoms with Gasteiger partial charge in [0.05, 0.1) is 12.2 Å². The van der Waals surface area contributed by atoms with Crippen LogP contribution in [0.2, 0.25) is 0 Å². The molecule has 0 amide bonds. The fourth-order valence-electron chi connectivity index (χ4n) is 1.93. The highest BCUT2D eigenvalue weighted by Gasteiger charge is 2.20. The molecule has 4 nitrogen and oxygen atoms in total. The molecule has 2 rings (SSSR count). The summed E-state index contributed by atoms with van der Waals surface area (Å²) in [6.07, 6.45) is 0. The molecule has 0 aliphatic carbocycles. The van der Waals surface area contributed by atoms with Gasteiger partial charge in [-0.25, -0.2) is 4.79 Å². The van der Waals surface area contributed by atoms with Gasteiger partial charge in [-0.3, -0.25) is 4.79 Å². The zero-order chi connectivity index (χ0) is 14.5. The number of hydrogen-bond donors (Lipinski definition) is 1. The van der Waals surface area contributed by atoms with E-state index in [9.17, 15) is 14.7 Å². The van der Waals surface area contributed by atoms with Crippen molar-refractivity contribution >= 4 is 11.8 Å². The molecular weight excluding hydrogens is 256 g/mol. The average molecular weight is 270 g/mol. The largest absolute Gasteiger partial charge is 0.492 e. The summed E-state index contributed by atoms with van der Waals surface area (Å²) in [5, 5.41) is 9.18. The van der Waals surface area contributed by atoms with Crippen molar-refractivity contribution in [2.24, 2.45) is 0 Å². The molecular formula is C16H14O4. The van der Waals surface area contributed by atoms with Crippen molar-refractivity contribution in [1.29, 1.82) is 0 Å². The first-order chi connectivity index (χ1) is 9.65. The lowest BCUT2D eigenvalue weighted by atomic mass is 10.00. The number of carboxylic acids is 1. The van der Waals surface area contributed by atoms with Gasteiger partial charge in [-0.2, -0.15) is 0 Å². The number of carbonyl (C=O) groups is 2. The van der Waals surface area contributed by atoms with E-state index in [1.54, 1.807) is 43.3 Å². The number of ether oxygens (including phenoxy) is 1. The maximum Gasteiger partial charge on any atom is 0.339 e. The first-order valence-electron chi connectivity index (χ1n) is 6.24. The SMILES string of the molecule is CCOc1c(C(=O)O)cccc1C(=O)c1ccccc1. The van der Waals surface area contributed by atoms with Crippen LogP contribution in [-0.4, -0.2) is 23.5 Å². The predicted octanol–water partition coefficient (Wildman–Crippen LogP) is 3.01. The highest BCUT2D eigenvalue weighted by molar-refractivity contribution is 6.12. The van der Waals surface area contributed by atoms with Gasteiger partial charge in [0.15, 0.2) is 5.78 Å². The van der Waals surface area contributed by atoms with E-state index in [0.29, 0.717) is 12.2 Å². The van der Waals surface area contributed by atoms with E-state index in [2.05, 4.69) is 0 Å². The maximum atomic E-state index is 12.4. The number of carboxylic acid groups (broad SMARTS) is 1. The number of para-hydroxylation sites is 1. The van der Waals surface area contributed by atoms with E-state index < -0.39 is 5.97 Å². The first kappa shape index (κ1) is 13.8. The van der Waals surface area contributed by atoms with E-state index >= 15 is 0 Å². The van der Waals surface area contributed by atoms with Crippen molar-refractivity contribution in [3.8, 4) is 5.75 Å². The van der Waals surface area contributed by atoms with Gasteiger partial charge in [0.25, 0.3) is 0 Å². The van der Waals surface area contributed by atoms with Crippen molar-refractivity contribution in [3.05, 3.63) is 65.2 Å². The lowest BCUT2D eigenvalue weighted by molar-refractivity contribution is 0.0692. The molecule has 0 saturated carbocycles. The van der Waals surface area contributed by atoms with Gasteiger partial charge < -0.3 is 9.84 Å². The predicted molar refractivity (Wildman–Crippen MR) is 74.4 cm³/mol. The minimum absolute atomic E-state index is 0.00590. The summed E-state index contributed by atoms with van der Waals surface area (Å²) in [4.78, 5) is 23.7. The fourth-order valence-corrected chi connectivity index (χ4v) is 1.93. The van der Waals surface area contributed by atoms with E-state index in [1.807, 2.05) is 6.07 Å². The summed E-state index contributed by atoms with van der Waals surface area (Å²) in [5.41, 5.74) is 0.752. The van der Waals surface area contributed by atoms with Crippen LogP contribution in [0.5, 0.6) is 5.75 Å². The van der Waals surface area contributed by atoms with Crippen molar-refractivity contribution in [3.63, 3.8) is 0 Å². The molecule has 0 saturated heterocycles. The highest BCUT2D eigenvalue weighted by atomic mass is 16.5. The molecule has 0 heterocycles. The molecule has 20 heavy (non-hydrogen) atoms. The molecule has 4 heteroatoms. The third-order valence-corrected chi connectivity index (χ3v) is 2.81.